The maximum Gasteiger partial charge on any atom is 0.228 e. The largest absolute Gasteiger partial charge is 0.326 e. The third-order valence-corrected chi connectivity index (χ3v) is 6.00. The number of fused-ring (bicyclic) bond motifs is 1. The van der Waals surface area contributed by atoms with Crippen LogP contribution in [-0.4, -0.2) is 20.5 Å². The van der Waals surface area contributed by atoms with Crippen molar-refractivity contribution in [1.29, 1.82) is 0 Å². The summed E-state index contributed by atoms with van der Waals surface area (Å²) in [5.74, 6) is -0.0143. The van der Waals surface area contributed by atoms with Crippen LogP contribution in [0.1, 0.15) is 19.4 Å². The van der Waals surface area contributed by atoms with Crippen molar-refractivity contribution >= 4 is 39.7 Å². The summed E-state index contributed by atoms with van der Waals surface area (Å²) < 4.78 is 2.01. The van der Waals surface area contributed by atoms with Gasteiger partial charge in [-0.05, 0) is 29.8 Å². The third-order valence-electron chi connectivity index (χ3n) is 4.22. The molecule has 2 heterocycles. The molecule has 6 heteroatoms. The lowest BCUT2D eigenvalue weighted by molar-refractivity contribution is -0.115. The lowest BCUT2D eigenvalue weighted by Crippen LogP contribution is -2.14. The van der Waals surface area contributed by atoms with Gasteiger partial charge in [0.25, 0.3) is 0 Å². The van der Waals surface area contributed by atoms with Crippen LogP contribution < -0.4 is 5.32 Å². The molecule has 4 aromatic rings. The van der Waals surface area contributed by atoms with Gasteiger partial charge in [0.1, 0.15) is 0 Å². The van der Waals surface area contributed by atoms with E-state index in [-0.39, 0.29) is 5.91 Å². The quantitative estimate of drug-likeness (QED) is 0.414. The molecular weight excluding hydrogens is 386 g/mol. The maximum absolute atomic E-state index is 12.4. The molecule has 4 nitrogen and oxygen atoms in total. The zero-order valence-electron chi connectivity index (χ0n) is 15.8. The average molecular weight is 408 g/mol. The van der Waals surface area contributed by atoms with Crippen LogP contribution >= 0.6 is 23.1 Å². The van der Waals surface area contributed by atoms with Gasteiger partial charge in [0.2, 0.25) is 5.91 Å². The summed E-state index contributed by atoms with van der Waals surface area (Å²) in [5, 5.41) is 5.54. The number of amides is 1. The molecule has 2 aromatic carbocycles. The number of carbonyl (C=O) groups is 1. The molecule has 28 heavy (non-hydrogen) atoms. The molecule has 0 spiro atoms. The number of anilines is 1. The number of hydrogen-bond acceptors (Lipinski definition) is 4. The lowest BCUT2D eigenvalue weighted by Gasteiger charge is -2.08. The van der Waals surface area contributed by atoms with Crippen molar-refractivity contribution in [3.63, 3.8) is 0 Å². The number of aromatic nitrogens is 2. The molecule has 1 N–H and O–H groups in total. The van der Waals surface area contributed by atoms with Gasteiger partial charge in [-0.15, -0.1) is 23.1 Å². The van der Waals surface area contributed by atoms with Crippen molar-refractivity contribution in [2.75, 3.05) is 5.32 Å². The van der Waals surface area contributed by atoms with Gasteiger partial charge >= 0.3 is 0 Å². The molecule has 0 aliphatic rings. The highest BCUT2D eigenvalue weighted by molar-refractivity contribution is 7.99. The second-order valence-electron chi connectivity index (χ2n) is 6.83. The molecular formula is C22H21N3OS2. The minimum atomic E-state index is -0.0143. The van der Waals surface area contributed by atoms with Crippen LogP contribution in [-0.2, 0) is 11.2 Å². The van der Waals surface area contributed by atoms with E-state index < -0.39 is 0 Å². The fourth-order valence-corrected chi connectivity index (χ4v) is 4.48. The second kappa shape index (κ2) is 8.20. The average Bonchev–Trinajstić information content (AvgIpc) is 3.25. The van der Waals surface area contributed by atoms with Crippen LogP contribution in [0.3, 0.4) is 0 Å². The van der Waals surface area contributed by atoms with Gasteiger partial charge in [0.15, 0.2) is 4.96 Å². The first-order valence-corrected chi connectivity index (χ1v) is 10.9. The minimum Gasteiger partial charge on any atom is -0.326 e. The van der Waals surface area contributed by atoms with Gasteiger partial charge in [-0.2, -0.15) is 0 Å². The number of nitrogens with one attached hydrogen (secondary N) is 1. The van der Waals surface area contributed by atoms with Crippen molar-refractivity contribution in [2.24, 2.45) is 0 Å². The molecule has 0 saturated heterocycles. The summed E-state index contributed by atoms with van der Waals surface area (Å²) in [6.07, 6.45) is 4.38. The smallest absolute Gasteiger partial charge is 0.228 e. The van der Waals surface area contributed by atoms with Crippen LogP contribution in [0.15, 0.2) is 71.2 Å². The highest BCUT2D eigenvalue weighted by Gasteiger charge is 2.08. The first-order valence-electron chi connectivity index (χ1n) is 9.15. The molecule has 0 unspecified atom stereocenters. The van der Waals surface area contributed by atoms with Crippen molar-refractivity contribution < 1.29 is 4.79 Å². The predicted molar refractivity (Wildman–Crippen MR) is 118 cm³/mol. The number of thioether (sulfide) groups is 1. The Labute approximate surface area is 172 Å². The van der Waals surface area contributed by atoms with E-state index in [1.54, 1.807) is 11.3 Å². The maximum atomic E-state index is 12.4. The third kappa shape index (κ3) is 4.46. The van der Waals surface area contributed by atoms with Gasteiger partial charge in [-0.25, -0.2) is 4.98 Å². The van der Waals surface area contributed by atoms with E-state index in [1.807, 2.05) is 70.3 Å². The van der Waals surface area contributed by atoms with Gasteiger partial charge in [0.05, 0.1) is 12.1 Å². The number of hydrogen-bond donors (Lipinski definition) is 1. The van der Waals surface area contributed by atoms with Gasteiger partial charge in [-0.3, -0.25) is 9.20 Å². The lowest BCUT2D eigenvalue weighted by atomic mass is 10.1. The summed E-state index contributed by atoms with van der Waals surface area (Å²) in [6, 6.07) is 16.0. The van der Waals surface area contributed by atoms with Gasteiger partial charge in [0, 0.05) is 39.2 Å². The van der Waals surface area contributed by atoms with E-state index in [2.05, 4.69) is 36.3 Å². The summed E-state index contributed by atoms with van der Waals surface area (Å²) in [5.41, 5.74) is 3.78. The van der Waals surface area contributed by atoms with Crippen LogP contribution in [0.5, 0.6) is 0 Å². The summed E-state index contributed by atoms with van der Waals surface area (Å²) >= 11 is 3.44. The van der Waals surface area contributed by atoms with Crippen LogP contribution in [0.4, 0.5) is 5.69 Å². The number of rotatable bonds is 6. The molecule has 0 aliphatic heterocycles. The van der Waals surface area contributed by atoms with Crippen molar-refractivity contribution in [3.8, 4) is 11.3 Å². The molecule has 2 aromatic heterocycles. The first-order chi connectivity index (χ1) is 13.6. The summed E-state index contributed by atoms with van der Waals surface area (Å²) in [4.78, 5) is 19.2. The van der Waals surface area contributed by atoms with Crippen molar-refractivity contribution in [3.05, 3.63) is 71.9 Å². The molecule has 0 bridgehead atoms. The predicted octanol–water partition coefficient (Wildman–Crippen LogP) is 5.74. The van der Waals surface area contributed by atoms with Gasteiger partial charge in [-0.1, -0.05) is 38.1 Å². The van der Waals surface area contributed by atoms with Crippen molar-refractivity contribution in [2.45, 2.75) is 30.4 Å². The topological polar surface area (TPSA) is 46.4 Å². The number of carbonyl (C=O) groups excluding carboxylic acids is 1. The van der Waals surface area contributed by atoms with Crippen LogP contribution in [0, 0.1) is 0 Å². The highest BCUT2D eigenvalue weighted by Crippen LogP contribution is 2.24. The Morgan fingerprint density at radius 2 is 1.89 bits per heavy atom. The zero-order chi connectivity index (χ0) is 19.5. The van der Waals surface area contributed by atoms with E-state index in [0.29, 0.717) is 11.7 Å². The number of nitrogens with zero attached hydrogens (tertiary/aromatic N) is 2. The zero-order valence-corrected chi connectivity index (χ0v) is 17.4. The Morgan fingerprint density at radius 1 is 1.14 bits per heavy atom. The fourth-order valence-electron chi connectivity index (χ4n) is 2.94. The summed E-state index contributed by atoms with van der Waals surface area (Å²) in [6.45, 7) is 4.35. The number of benzene rings is 2. The molecule has 0 fully saturated rings. The van der Waals surface area contributed by atoms with Crippen LogP contribution in [0.2, 0.25) is 0 Å². The fraction of sp³-hybridized carbons (Fsp3) is 0.182. The molecule has 0 radical (unpaired) electrons. The number of thiazole rings is 1. The molecule has 0 saturated carbocycles. The highest BCUT2D eigenvalue weighted by atomic mass is 32.2. The van der Waals surface area contributed by atoms with Crippen molar-refractivity contribution in [1.82, 2.24) is 9.38 Å². The molecule has 1 amide bonds. The molecule has 0 atom stereocenters. The SMILES string of the molecule is CC(C)Sc1ccc(CC(=O)Nc2ccc(-c3cn4ccsc4n3)cc2)cc1. The van der Waals surface area contributed by atoms with Crippen LogP contribution in [0.25, 0.3) is 16.2 Å². The molecule has 142 valence electrons. The number of imidazole rings is 1. The Morgan fingerprint density at radius 3 is 2.57 bits per heavy atom. The van der Waals surface area contributed by atoms with E-state index in [4.69, 9.17) is 0 Å². The Kier molecular flexibility index (Phi) is 5.50. The van der Waals surface area contributed by atoms with Gasteiger partial charge < -0.3 is 5.32 Å². The van der Waals surface area contributed by atoms with E-state index in [9.17, 15) is 4.79 Å². The Balaban J connectivity index is 1.37. The van der Waals surface area contributed by atoms with E-state index >= 15 is 0 Å². The Hall–Kier alpha value is -2.57. The van der Waals surface area contributed by atoms with E-state index in [1.165, 1.54) is 4.90 Å². The first kappa shape index (κ1) is 18.8. The Bertz CT molecular complexity index is 1050. The molecule has 0 aliphatic carbocycles. The molecule has 4 rings (SSSR count). The normalized spacial score (nSPS) is 11.2. The van der Waals surface area contributed by atoms with E-state index in [0.717, 1.165) is 27.5 Å². The second-order valence-corrected chi connectivity index (χ2v) is 9.35. The minimum absolute atomic E-state index is 0.0143. The standard InChI is InChI=1S/C22H21N3OS2/c1-15(2)28-19-9-3-16(4-10-19)13-21(26)23-18-7-5-17(6-8-18)20-14-25-11-12-27-22(25)24-20/h3-12,14-15H,13H2,1-2H3,(H,23,26). The monoisotopic (exact) mass is 407 g/mol. The summed E-state index contributed by atoms with van der Waals surface area (Å²) in [7, 11) is 0.